The summed E-state index contributed by atoms with van der Waals surface area (Å²) in [5, 5.41) is 23.3. The lowest BCUT2D eigenvalue weighted by Gasteiger charge is -2.08. The first-order chi connectivity index (χ1) is 9.60. The van der Waals surface area contributed by atoms with E-state index in [1.165, 1.54) is 12.1 Å². The van der Waals surface area contributed by atoms with Crippen LogP contribution in [0, 0.1) is 21.4 Å². The van der Waals surface area contributed by atoms with Crippen LogP contribution in [0.25, 0.3) is 0 Å². The van der Waals surface area contributed by atoms with Crippen molar-refractivity contribution in [2.45, 2.75) is 6.54 Å². The molecule has 2 aromatic carbocycles. The van der Waals surface area contributed by atoms with Crippen molar-refractivity contribution in [1.82, 2.24) is 0 Å². The number of nitrogens with zero attached hydrogens (tertiary/aromatic N) is 2. The Morgan fingerprint density at radius 1 is 1.30 bits per heavy atom. The van der Waals surface area contributed by atoms with E-state index in [-0.39, 0.29) is 5.69 Å². The van der Waals surface area contributed by atoms with Gasteiger partial charge in [-0.25, -0.2) is 0 Å². The Bertz CT molecular complexity index is 695. The molecule has 20 heavy (non-hydrogen) atoms. The number of benzene rings is 2. The number of nitro benzene ring substituents is 1. The molecule has 0 unspecified atom stereocenters. The van der Waals surface area contributed by atoms with Crippen LogP contribution in [-0.2, 0) is 6.54 Å². The SMILES string of the molecule is N#Cc1ccc(Cl)cc1NCc1cccc([N+](=O)[O-])c1. The Kier molecular flexibility index (Phi) is 4.18. The lowest BCUT2D eigenvalue weighted by Crippen LogP contribution is -2.02. The summed E-state index contributed by atoms with van der Waals surface area (Å²) in [4.78, 5) is 10.3. The minimum absolute atomic E-state index is 0.0379. The Morgan fingerprint density at radius 3 is 2.80 bits per heavy atom. The molecule has 0 aliphatic rings. The fraction of sp³-hybridized carbons (Fsp3) is 0.0714. The first-order valence-corrected chi connectivity index (χ1v) is 6.15. The van der Waals surface area contributed by atoms with Crippen molar-refractivity contribution >= 4 is 23.0 Å². The molecule has 0 bridgehead atoms. The molecule has 0 radical (unpaired) electrons. The highest BCUT2D eigenvalue weighted by atomic mass is 35.5. The topological polar surface area (TPSA) is 79.0 Å². The van der Waals surface area contributed by atoms with Crippen LogP contribution in [-0.4, -0.2) is 4.92 Å². The molecule has 0 aliphatic heterocycles. The van der Waals surface area contributed by atoms with Gasteiger partial charge >= 0.3 is 0 Å². The third kappa shape index (κ3) is 3.25. The summed E-state index contributed by atoms with van der Waals surface area (Å²) in [5.41, 5.74) is 1.87. The Balaban J connectivity index is 2.17. The zero-order chi connectivity index (χ0) is 14.5. The van der Waals surface area contributed by atoms with Crippen molar-refractivity contribution in [2.24, 2.45) is 0 Å². The van der Waals surface area contributed by atoms with Crippen LogP contribution in [0.15, 0.2) is 42.5 Å². The van der Waals surface area contributed by atoms with E-state index >= 15 is 0 Å². The predicted octanol–water partition coefficient (Wildman–Crippen LogP) is 3.73. The van der Waals surface area contributed by atoms with E-state index in [2.05, 4.69) is 11.4 Å². The van der Waals surface area contributed by atoms with Gasteiger partial charge in [-0.2, -0.15) is 5.26 Å². The maximum atomic E-state index is 10.7. The van der Waals surface area contributed by atoms with Crippen LogP contribution in [0.3, 0.4) is 0 Å². The molecule has 2 rings (SSSR count). The summed E-state index contributed by atoms with van der Waals surface area (Å²) < 4.78 is 0. The Hall–Kier alpha value is -2.58. The molecule has 0 spiro atoms. The summed E-state index contributed by atoms with van der Waals surface area (Å²) in [7, 11) is 0. The number of nitro groups is 1. The van der Waals surface area contributed by atoms with Gasteiger partial charge in [0.15, 0.2) is 0 Å². The summed E-state index contributed by atoms with van der Waals surface area (Å²) >= 11 is 5.88. The average molecular weight is 288 g/mol. The number of nitrogens with one attached hydrogen (secondary N) is 1. The van der Waals surface area contributed by atoms with Crippen molar-refractivity contribution in [3.8, 4) is 6.07 Å². The van der Waals surface area contributed by atoms with Gasteiger partial charge in [0.05, 0.1) is 16.2 Å². The van der Waals surface area contributed by atoms with Crippen LogP contribution in [0.5, 0.6) is 0 Å². The molecule has 0 saturated carbocycles. The highest BCUT2D eigenvalue weighted by Gasteiger charge is 2.07. The van der Waals surface area contributed by atoms with Crippen molar-refractivity contribution in [3.05, 3.63) is 68.7 Å². The van der Waals surface area contributed by atoms with Crippen molar-refractivity contribution in [1.29, 1.82) is 5.26 Å². The van der Waals surface area contributed by atoms with E-state index in [1.807, 2.05) is 0 Å². The van der Waals surface area contributed by atoms with Gasteiger partial charge in [-0.3, -0.25) is 10.1 Å². The van der Waals surface area contributed by atoms with Gasteiger partial charge in [-0.1, -0.05) is 23.7 Å². The van der Waals surface area contributed by atoms with Gasteiger partial charge in [0, 0.05) is 23.7 Å². The third-order valence-corrected chi connectivity index (χ3v) is 2.94. The number of hydrogen-bond donors (Lipinski definition) is 1. The smallest absolute Gasteiger partial charge is 0.269 e. The molecule has 0 amide bonds. The third-order valence-electron chi connectivity index (χ3n) is 2.71. The van der Waals surface area contributed by atoms with E-state index in [4.69, 9.17) is 16.9 Å². The molecular formula is C14H10ClN3O2. The molecule has 0 fully saturated rings. The number of rotatable bonds is 4. The molecule has 2 aromatic rings. The van der Waals surface area contributed by atoms with Gasteiger partial charge in [-0.15, -0.1) is 0 Å². The van der Waals surface area contributed by atoms with Crippen molar-refractivity contribution in [3.63, 3.8) is 0 Å². The summed E-state index contributed by atoms with van der Waals surface area (Å²) in [6.45, 7) is 0.372. The Morgan fingerprint density at radius 2 is 2.10 bits per heavy atom. The molecule has 1 N–H and O–H groups in total. The van der Waals surface area contributed by atoms with Crippen LogP contribution < -0.4 is 5.32 Å². The zero-order valence-corrected chi connectivity index (χ0v) is 11.1. The molecule has 6 heteroatoms. The fourth-order valence-electron chi connectivity index (χ4n) is 1.74. The predicted molar refractivity (Wildman–Crippen MR) is 76.6 cm³/mol. The number of nitriles is 1. The first-order valence-electron chi connectivity index (χ1n) is 5.77. The minimum atomic E-state index is -0.441. The summed E-state index contributed by atoms with van der Waals surface area (Å²) in [6.07, 6.45) is 0. The molecule has 0 atom stereocenters. The lowest BCUT2D eigenvalue weighted by atomic mass is 10.1. The van der Waals surface area contributed by atoms with Crippen molar-refractivity contribution < 1.29 is 4.92 Å². The zero-order valence-electron chi connectivity index (χ0n) is 10.3. The highest BCUT2D eigenvalue weighted by Crippen LogP contribution is 2.21. The molecule has 0 saturated heterocycles. The average Bonchev–Trinajstić information content (AvgIpc) is 2.45. The number of non-ortho nitro benzene ring substituents is 1. The quantitative estimate of drug-likeness (QED) is 0.686. The fourth-order valence-corrected chi connectivity index (χ4v) is 1.91. The Labute approximate surface area is 120 Å². The maximum absolute atomic E-state index is 10.7. The van der Waals surface area contributed by atoms with E-state index < -0.39 is 4.92 Å². The second-order valence-corrected chi connectivity index (χ2v) is 4.52. The largest absolute Gasteiger partial charge is 0.380 e. The second kappa shape index (κ2) is 6.04. The van der Waals surface area contributed by atoms with E-state index in [1.54, 1.807) is 30.3 Å². The summed E-state index contributed by atoms with van der Waals surface area (Å²) in [5.74, 6) is 0. The molecular weight excluding hydrogens is 278 g/mol. The number of halogens is 1. The maximum Gasteiger partial charge on any atom is 0.269 e. The standard InChI is InChI=1S/C14H10ClN3O2/c15-12-5-4-11(8-16)14(7-12)17-9-10-2-1-3-13(6-10)18(19)20/h1-7,17H,9H2. The van der Waals surface area contributed by atoms with Crippen molar-refractivity contribution in [2.75, 3.05) is 5.32 Å². The molecule has 0 aliphatic carbocycles. The summed E-state index contributed by atoms with van der Waals surface area (Å²) in [6, 6.07) is 13.3. The monoisotopic (exact) mass is 287 g/mol. The molecule has 0 heterocycles. The first kappa shape index (κ1) is 13.8. The molecule has 100 valence electrons. The number of hydrogen-bond acceptors (Lipinski definition) is 4. The van der Waals surface area contributed by atoms with Crippen LogP contribution >= 0.6 is 11.6 Å². The normalized spacial score (nSPS) is 9.80. The lowest BCUT2D eigenvalue weighted by molar-refractivity contribution is -0.384. The van der Waals surface area contributed by atoms with Gasteiger partial charge in [0.2, 0.25) is 0 Å². The van der Waals surface area contributed by atoms with E-state index in [0.29, 0.717) is 22.8 Å². The van der Waals surface area contributed by atoms with Gasteiger partial charge in [0.25, 0.3) is 5.69 Å². The van der Waals surface area contributed by atoms with Crippen LogP contribution in [0.1, 0.15) is 11.1 Å². The van der Waals surface area contributed by atoms with Gasteiger partial charge < -0.3 is 5.32 Å². The van der Waals surface area contributed by atoms with E-state index in [9.17, 15) is 10.1 Å². The van der Waals surface area contributed by atoms with E-state index in [0.717, 1.165) is 5.56 Å². The van der Waals surface area contributed by atoms with Gasteiger partial charge in [0.1, 0.15) is 6.07 Å². The van der Waals surface area contributed by atoms with Crippen LogP contribution in [0.2, 0.25) is 5.02 Å². The van der Waals surface area contributed by atoms with Gasteiger partial charge in [-0.05, 0) is 23.8 Å². The second-order valence-electron chi connectivity index (χ2n) is 4.08. The molecule has 0 aromatic heterocycles. The van der Waals surface area contributed by atoms with Crippen LogP contribution in [0.4, 0.5) is 11.4 Å². The highest BCUT2D eigenvalue weighted by molar-refractivity contribution is 6.30. The molecule has 5 nitrogen and oxygen atoms in total. The minimum Gasteiger partial charge on any atom is -0.380 e. The number of anilines is 1.